The number of aliphatic carboxylic acids is 1. The number of amides is 2. The van der Waals surface area contributed by atoms with Gasteiger partial charge < -0.3 is 15.7 Å². The fourth-order valence-corrected chi connectivity index (χ4v) is 1.90. The highest BCUT2D eigenvalue weighted by Gasteiger charge is 2.12. The SMILES string of the molecule is CC(CCc1ccccc1)NC(=O)NC(C)CC(=O)O. The van der Waals surface area contributed by atoms with Crippen molar-refractivity contribution in [1.82, 2.24) is 10.6 Å². The minimum absolute atomic E-state index is 0.0345. The van der Waals surface area contributed by atoms with E-state index in [1.807, 2.05) is 25.1 Å². The van der Waals surface area contributed by atoms with Gasteiger partial charge in [0.25, 0.3) is 0 Å². The van der Waals surface area contributed by atoms with Gasteiger partial charge in [0, 0.05) is 12.1 Å². The third-order valence-electron chi connectivity index (χ3n) is 2.94. The molecule has 1 rings (SSSR count). The number of nitrogens with one attached hydrogen (secondary N) is 2. The van der Waals surface area contributed by atoms with Gasteiger partial charge in [-0.3, -0.25) is 4.79 Å². The molecule has 5 nitrogen and oxygen atoms in total. The average Bonchev–Trinajstić information content (AvgIpc) is 2.36. The Labute approximate surface area is 119 Å². The first-order chi connectivity index (χ1) is 9.47. The molecule has 0 fully saturated rings. The number of carboxylic acid groups (broad SMARTS) is 1. The summed E-state index contributed by atoms with van der Waals surface area (Å²) >= 11 is 0. The Morgan fingerprint density at radius 3 is 2.30 bits per heavy atom. The molecule has 1 aromatic rings. The summed E-state index contributed by atoms with van der Waals surface area (Å²) in [6.07, 6.45) is 1.66. The summed E-state index contributed by atoms with van der Waals surface area (Å²) in [5.41, 5.74) is 1.24. The molecule has 0 heterocycles. The maximum absolute atomic E-state index is 11.6. The lowest BCUT2D eigenvalue weighted by atomic mass is 10.1. The standard InChI is InChI=1S/C15H22N2O3/c1-11(8-9-13-6-4-3-5-7-13)16-15(20)17-12(2)10-14(18)19/h3-7,11-12H,8-10H2,1-2H3,(H,18,19)(H2,16,17,20). The fraction of sp³-hybridized carbons (Fsp3) is 0.467. The van der Waals surface area contributed by atoms with Crippen LogP contribution in [0.5, 0.6) is 0 Å². The van der Waals surface area contributed by atoms with E-state index in [9.17, 15) is 9.59 Å². The van der Waals surface area contributed by atoms with Crippen molar-refractivity contribution in [2.45, 2.75) is 45.2 Å². The molecule has 0 saturated heterocycles. The Hall–Kier alpha value is -2.04. The molecule has 3 N–H and O–H groups in total. The second-order valence-electron chi connectivity index (χ2n) is 5.04. The van der Waals surface area contributed by atoms with Crippen molar-refractivity contribution in [2.75, 3.05) is 0 Å². The first kappa shape index (κ1) is 16.0. The zero-order chi connectivity index (χ0) is 15.0. The maximum atomic E-state index is 11.6. The molecule has 0 radical (unpaired) electrons. The Morgan fingerprint density at radius 2 is 1.70 bits per heavy atom. The number of carboxylic acids is 1. The second kappa shape index (κ2) is 8.19. The van der Waals surface area contributed by atoms with Crippen LogP contribution in [0.4, 0.5) is 4.79 Å². The van der Waals surface area contributed by atoms with E-state index >= 15 is 0 Å². The Kier molecular flexibility index (Phi) is 6.56. The molecule has 0 aliphatic heterocycles. The van der Waals surface area contributed by atoms with Crippen LogP contribution in [0.3, 0.4) is 0 Å². The van der Waals surface area contributed by atoms with E-state index < -0.39 is 5.97 Å². The van der Waals surface area contributed by atoms with E-state index in [1.54, 1.807) is 6.92 Å². The molecule has 1 aromatic carbocycles. The lowest BCUT2D eigenvalue weighted by Crippen LogP contribution is -2.45. The van der Waals surface area contributed by atoms with E-state index in [2.05, 4.69) is 22.8 Å². The number of aryl methyl sites for hydroxylation is 1. The van der Waals surface area contributed by atoms with Gasteiger partial charge in [0.1, 0.15) is 0 Å². The van der Waals surface area contributed by atoms with Gasteiger partial charge >= 0.3 is 12.0 Å². The van der Waals surface area contributed by atoms with E-state index in [0.717, 1.165) is 12.8 Å². The summed E-state index contributed by atoms with van der Waals surface area (Å²) in [6, 6.07) is 9.41. The molecule has 0 aromatic heterocycles. The molecule has 2 amide bonds. The monoisotopic (exact) mass is 278 g/mol. The van der Waals surface area contributed by atoms with Gasteiger partial charge in [0.2, 0.25) is 0 Å². The highest BCUT2D eigenvalue weighted by molar-refractivity contribution is 5.75. The van der Waals surface area contributed by atoms with E-state index in [0.29, 0.717) is 0 Å². The van der Waals surface area contributed by atoms with Crippen LogP contribution in [-0.4, -0.2) is 29.2 Å². The molecule has 5 heteroatoms. The molecule has 110 valence electrons. The van der Waals surface area contributed by atoms with E-state index in [4.69, 9.17) is 5.11 Å². The second-order valence-corrected chi connectivity index (χ2v) is 5.04. The van der Waals surface area contributed by atoms with Gasteiger partial charge in [0.05, 0.1) is 6.42 Å². The Morgan fingerprint density at radius 1 is 1.10 bits per heavy atom. The smallest absolute Gasteiger partial charge is 0.315 e. The largest absolute Gasteiger partial charge is 0.481 e. The molecule has 2 unspecified atom stereocenters. The third-order valence-corrected chi connectivity index (χ3v) is 2.94. The molecule has 20 heavy (non-hydrogen) atoms. The van der Waals surface area contributed by atoms with Crippen molar-refractivity contribution in [2.24, 2.45) is 0 Å². The van der Waals surface area contributed by atoms with Gasteiger partial charge in [-0.05, 0) is 32.3 Å². The van der Waals surface area contributed by atoms with Crippen molar-refractivity contribution in [3.05, 3.63) is 35.9 Å². The van der Waals surface area contributed by atoms with E-state index in [1.165, 1.54) is 5.56 Å². The molecular weight excluding hydrogens is 256 g/mol. The normalized spacial score (nSPS) is 13.3. The minimum atomic E-state index is -0.921. The minimum Gasteiger partial charge on any atom is -0.481 e. The topological polar surface area (TPSA) is 78.4 Å². The quantitative estimate of drug-likeness (QED) is 0.715. The molecule has 0 saturated carbocycles. The zero-order valence-corrected chi connectivity index (χ0v) is 11.9. The van der Waals surface area contributed by atoms with Crippen LogP contribution in [0, 0.1) is 0 Å². The van der Waals surface area contributed by atoms with Crippen LogP contribution in [0.25, 0.3) is 0 Å². The highest BCUT2D eigenvalue weighted by atomic mass is 16.4. The number of benzene rings is 1. The molecule has 0 aliphatic carbocycles. The summed E-state index contributed by atoms with van der Waals surface area (Å²) in [5.74, 6) is -0.921. The first-order valence-corrected chi connectivity index (χ1v) is 6.80. The van der Waals surface area contributed by atoms with Gasteiger partial charge in [0.15, 0.2) is 0 Å². The lowest BCUT2D eigenvalue weighted by molar-refractivity contribution is -0.137. The lowest BCUT2D eigenvalue weighted by Gasteiger charge is -2.17. The van der Waals surface area contributed by atoms with Crippen molar-refractivity contribution in [1.29, 1.82) is 0 Å². The molecule has 0 aliphatic rings. The maximum Gasteiger partial charge on any atom is 0.315 e. The molecule has 0 bridgehead atoms. The number of carbonyl (C=O) groups excluding carboxylic acids is 1. The predicted octanol–water partition coefficient (Wildman–Crippen LogP) is 2.17. The highest BCUT2D eigenvalue weighted by Crippen LogP contribution is 2.04. The van der Waals surface area contributed by atoms with Gasteiger partial charge in [-0.1, -0.05) is 30.3 Å². The van der Waals surface area contributed by atoms with Crippen LogP contribution in [-0.2, 0) is 11.2 Å². The van der Waals surface area contributed by atoms with Crippen LogP contribution < -0.4 is 10.6 Å². The van der Waals surface area contributed by atoms with Crippen molar-refractivity contribution < 1.29 is 14.7 Å². The van der Waals surface area contributed by atoms with Gasteiger partial charge in [-0.2, -0.15) is 0 Å². The summed E-state index contributed by atoms with van der Waals surface area (Å²) < 4.78 is 0. The summed E-state index contributed by atoms with van der Waals surface area (Å²) in [6.45, 7) is 3.60. The number of hydrogen-bond acceptors (Lipinski definition) is 2. The van der Waals surface area contributed by atoms with Crippen molar-refractivity contribution >= 4 is 12.0 Å². The Bertz CT molecular complexity index is 434. The summed E-state index contributed by atoms with van der Waals surface area (Å²) in [4.78, 5) is 22.1. The number of urea groups is 1. The predicted molar refractivity (Wildman–Crippen MR) is 77.6 cm³/mol. The molecular formula is C15H22N2O3. The van der Waals surface area contributed by atoms with Crippen molar-refractivity contribution in [3.63, 3.8) is 0 Å². The van der Waals surface area contributed by atoms with Crippen LogP contribution in [0.1, 0.15) is 32.3 Å². The molecule has 0 spiro atoms. The van der Waals surface area contributed by atoms with Gasteiger partial charge in [-0.25, -0.2) is 4.79 Å². The van der Waals surface area contributed by atoms with Crippen LogP contribution in [0.15, 0.2) is 30.3 Å². The summed E-state index contributed by atoms with van der Waals surface area (Å²) in [5, 5.41) is 14.0. The summed E-state index contributed by atoms with van der Waals surface area (Å²) in [7, 11) is 0. The van der Waals surface area contributed by atoms with Crippen LogP contribution in [0.2, 0.25) is 0 Å². The number of rotatable bonds is 7. The van der Waals surface area contributed by atoms with Crippen LogP contribution >= 0.6 is 0 Å². The Balaban J connectivity index is 2.26. The first-order valence-electron chi connectivity index (χ1n) is 6.80. The van der Waals surface area contributed by atoms with E-state index in [-0.39, 0.29) is 24.5 Å². The van der Waals surface area contributed by atoms with Gasteiger partial charge in [-0.15, -0.1) is 0 Å². The third kappa shape index (κ3) is 6.78. The van der Waals surface area contributed by atoms with Crippen molar-refractivity contribution in [3.8, 4) is 0 Å². The zero-order valence-electron chi connectivity index (χ0n) is 11.9. The fourth-order valence-electron chi connectivity index (χ4n) is 1.90. The average molecular weight is 278 g/mol. The molecule has 2 atom stereocenters. The number of hydrogen-bond donors (Lipinski definition) is 3. The number of carbonyl (C=O) groups is 2.